The van der Waals surface area contributed by atoms with E-state index in [0.717, 1.165) is 0 Å². The normalized spacial score (nSPS) is 32.0. The summed E-state index contributed by atoms with van der Waals surface area (Å²) in [6.07, 6.45) is -6.81. The third kappa shape index (κ3) is 5.20. The number of likely N-dealkylation sites (tertiary alicyclic amines) is 1. The fraction of sp³-hybridized carbons (Fsp3) is 1.00. The van der Waals surface area contributed by atoms with E-state index in [9.17, 15) is 28.8 Å². The van der Waals surface area contributed by atoms with Crippen LogP contribution in [-0.4, -0.2) is 100 Å². The summed E-state index contributed by atoms with van der Waals surface area (Å²) in [4.78, 5) is 1.36. The van der Waals surface area contributed by atoms with E-state index in [-0.39, 0.29) is 19.6 Å². The largest absolute Gasteiger partial charge is 0.397 e. The fourth-order valence-corrected chi connectivity index (χ4v) is 2.48. The first-order valence-electron chi connectivity index (χ1n) is 5.85. The van der Waals surface area contributed by atoms with Gasteiger partial charge in [-0.1, -0.05) is 0 Å². The molecule has 0 unspecified atom stereocenters. The number of rotatable bonds is 6. The molecule has 1 rings (SSSR count). The van der Waals surface area contributed by atoms with Crippen LogP contribution >= 0.6 is 0 Å². The summed E-state index contributed by atoms with van der Waals surface area (Å²) in [5.74, 6) is 0. The molecule has 0 aromatic heterocycles. The molecule has 1 aliphatic rings. The maximum absolute atomic E-state index is 10.5. The second-order valence-electron chi connectivity index (χ2n) is 4.66. The Labute approximate surface area is 115 Å². The van der Waals surface area contributed by atoms with Gasteiger partial charge in [-0.25, -0.2) is 4.18 Å². The van der Waals surface area contributed by atoms with E-state index < -0.39 is 47.5 Å². The van der Waals surface area contributed by atoms with Gasteiger partial charge in [0.2, 0.25) is 0 Å². The first kappa shape index (κ1) is 17.7. The van der Waals surface area contributed by atoms with Crippen molar-refractivity contribution in [1.29, 1.82) is 0 Å². The van der Waals surface area contributed by atoms with Gasteiger partial charge in [0.05, 0.1) is 24.9 Å². The molecule has 1 heterocycles. The molecule has 6 N–H and O–H groups in total. The zero-order valence-corrected chi connectivity index (χ0v) is 11.3. The lowest BCUT2D eigenvalue weighted by Crippen LogP contribution is -2.57. The van der Waals surface area contributed by atoms with Gasteiger partial charge in [0, 0.05) is 19.6 Å². The zero-order chi connectivity index (χ0) is 15.5. The van der Waals surface area contributed by atoms with Gasteiger partial charge in [-0.05, 0) is 0 Å². The van der Waals surface area contributed by atoms with Crippen molar-refractivity contribution in [2.75, 3.05) is 26.2 Å². The van der Waals surface area contributed by atoms with Gasteiger partial charge in [0.15, 0.2) is 0 Å². The highest BCUT2D eigenvalue weighted by Crippen LogP contribution is 2.14. The predicted octanol–water partition coefficient (Wildman–Crippen LogP) is -4.07. The number of aliphatic hydroxyl groups is 5. The van der Waals surface area contributed by atoms with Crippen LogP contribution in [0, 0.1) is 0 Å². The van der Waals surface area contributed by atoms with Gasteiger partial charge < -0.3 is 25.5 Å². The van der Waals surface area contributed by atoms with E-state index in [1.807, 2.05) is 0 Å². The summed E-state index contributed by atoms with van der Waals surface area (Å²) in [5.41, 5.74) is 0. The maximum atomic E-state index is 10.5. The predicted molar refractivity (Wildman–Crippen MR) is 64.0 cm³/mol. The Kier molecular flexibility index (Phi) is 6.25. The maximum Gasteiger partial charge on any atom is 0.397 e. The van der Waals surface area contributed by atoms with Crippen molar-refractivity contribution in [3.63, 3.8) is 0 Å². The molecular formula is C9H19NO9S. The average molecular weight is 317 g/mol. The van der Waals surface area contributed by atoms with Crippen LogP contribution in [0.3, 0.4) is 0 Å². The Balaban J connectivity index is 2.58. The standard InChI is InChI=1S/C9H19NO9S/c11-4-8(19-20(16,17)18)5(12)1-10-2-6(13)9(15)7(14)3-10/h5-9,11-15H,1-4H2,(H,16,17,18)/t5-,6-,7+,8+,9+/m0/s1. The van der Waals surface area contributed by atoms with Crippen molar-refractivity contribution in [3.8, 4) is 0 Å². The topological polar surface area (TPSA) is 168 Å². The Morgan fingerprint density at radius 1 is 1.20 bits per heavy atom. The first-order valence-corrected chi connectivity index (χ1v) is 7.21. The van der Waals surface area contributed by atoms with Crippen molar-refractivity contribution < 1.29 is 42.7 Å². The molecule has 0 amide bonds. The lowest BCUT2D eigenvalue weighted by Gasteiger charge is -2.38. The van der Waals surface area contributed by atoms with Gasteiger partial charge in [-0.2, -0.15) is 8.42 Å². The second kappa shape index (κ2) is 7.06. The monoisotopic (exact) mass is 317 g/mol. The molecular weight excluding hydrogens is 298 g/mol. The Morgan fingerprint density at radius 2 is 1.70 bits per heavy atom. The molecule has 0 aliphatic carbocycles. The first-order chi connectivity index (χ1) is 9.14. The zero-order valence-electron chi connectivity index (χ0n) is 10.5. The van der Waals surface area contributed by atoms with Crippen LogP contribution in [0.1, 0.15) is 0 Å². The second-order valence-corrected chi connectivity index (χ2v) is 5.70. The van der Waals surface area contributed by atoms with Crippen LogP contribution in [0.25, 0.3) is 0 Å². The van der Waals surface area contributed by atoms with Crippen LogP contribution in [-0.2, 0) is 14.6 Å². The Morgan fingerprint density at radius 3 is 2.10 bits per heavy atom. The molecule has 11 heteroatoms. The molecule has 5 atom stereocenters. The minimum absolute atomic E-state index is 0.0562. The van der Waals surface area contributed by atoms with Gasteiger partial charge in [-0.15, -0.1) is 0 Å². The molecule has 1 aliphatic heterocycles. The SMILES string of the molecule is O=S(=O)(O)O[C@H](CO)[C@@H](O)CN1C[C@@H](O)[C@H](O)[C@@H](O)C1. The molecule has 1 fully saturated rings. The van der Waals surface area contributed by atoms with Crippen LogP contribution in [0.15, 0.2) is 0 Å². The van der Waals surface area contributed by atoms with E-state index in [1.165, 1.54) is 4.90 Å². The van der Waals surface area contributed by atoms with Crippen molar-refractivity contribution >= 4 is 10.4 Å². The average Bonchev–Trinajstić information content (AvgIpc) is 2.31. The summed E-state index contributed by atoms with van der Waals surface area (Å²) in [5, 5.41) is 46.9. The van der Waals surface area contributed by atoms with Gasteiger partial charge >= 0.3 is 10.4 Å². The third-order valence-electron chi connectivity index (χ3n) is 2.98. The Hall–Kier alpha value is -0.370. The molecule has 10 nitrogen and oxygen atoms in total. The quantitative estimate of drug-likeness (QED) is 0.265. The minimum Gasteiger partial charge on any atom is -0.394 e. The Bertz CT molecular complexity index is 390. The van der Waals surface area contributed by atoms with Crippen LogP contribution in [0.5, 0.6) is 0 Å². The molecule has 0 aromatic rings. The highest BCUT2D eigenvalue weighted by Gasteiger charge is 2.35. The molecule has 0 radical (unpaired) electrons. The number of aliphatic hydroxyl groups excluding tert-OH is 5. The van der Waals surface area contributed by atoms with E-state index in [2.05, 4.69) is 4.18 Å². The highest BCUT2D eigenvalue weighted by atomic mass is 32.3. The van der Waals surface area contributed by atoms with Gasteiger partial charge in [0.25, 0.3) is 0 Å². The highest BCUT2D eigenvalue weighted by molar-refractivity contribution is 7.80. The lowest BCUT2D eigenvalue weighted by molar-refractivity contribution is -0.119. The fourth-order valence-electron chi connectivity index (χ4n) is 1.98. The molecule has 20 heavy (non-hydrogen) atoms. The van der Waals surface area contributed by atoms with Crippen LogP contribution in [0.2, 0.25) is 0 Å². The van der Waals surface area contributed by atoms with Crippen molar-refractivity contribution in [1.82, 2.24) is 4.90 Å². The number of hydrogen-bond donors (Lipinski definition) is 6. The summed E-state index contributed by atoms with van der Waals surface area (Å²) < 4.78 is 33.6. The summed E-state index contributed by atoms with van der Waals surface area (Å²) in [7, 11) is -4.83. The van der Waals surface area contributed by atoms with Gasteiger partial charge in [0.1, 0.15) is 12.2 Å². The molecule has 0 bridgehead atoms. The van der Waals surface area contributed by atoms with Crippen molar-refractivity contribution in [2.45, 2.75) is 30.5 Å². The molecule has 0 aromatic carbocycles. The molecule has 0 saturated carbocycles. The minimum atomic E-state index is -4.83. The van der Waals surface area contributed by atoms with Crippen molar-refractivity contribution in [2.24, 2.45) is 0 Å². The molecule has 0 spiro atoms. The molecule has 1 saturated heterocycles. The number of nitrogens with zero attached hydrogens (tertiary/aromatic N) is 1. The summed E-state index contributed by atoms with van der Waals surface area (Å²) in [6, 6.07) is 0. The van der Waals surface area contributed by atoms with E-state index >= 15 is 0 Å². The molecule has 120 valence electrons. The summed E-state index contributed by atoms with van der Waals surface area (Å²) >= 11 is 0. The van der Waals surface area contributed by atoms with Gasteiger partial charge in [-0.3, -0.25) is 9.45 Å². The van der Waals surface area contributed by atoms with E-state index in [4.69, 9.17) is 9.66 Å². The third-order valence-corrected chi connectivity index (χ3v) is 3.47. The van der Waals surface area contributed by atoms with Crippen LogP contribution < -0.4 is 0 Å². The van der Waals surface area contributed by atoms with Crippen molar-refractivity contribution in [3.05, 3.63) is 0 Å². The summed E-state index contributed by atoms with van der Waals surface area (Å²) in [6.45, 7) is -1.21. The lowest BCUT2D eigenvalue weighted by atomic mass is 10.0. The number of hydrogen-bond acceptors (Lipinski definition) is 9. The number of β-amino-alcohol motifs (C(OH)–C–C–N with tert-alkyl or cyclic N) is 3. The van der Waals surface area contributed by atoms with Crippen LogP contribution in [0.4, 0.5) is 0 Å². The number of piperidine rings is 1. The smallest absolute Gasteiger partial charge is 0.394 e. The van der Waals surface area contributed by atoms with E-state index in [0.29, 0.717) is 0 Å². The van der Waals surface area contributed by atoms with E-state index in [1.54, 1.807) is 0 Å².